The molecule has 0 aliphatic rings. The fourth-order valence-corrected chi connectivity index (χ4v) is 2.09. The molecule has 0 aliphatic heterocycles. The van der Waals surface area contributed by atoms with E-state index in [1.165, 1.54) is 0 Å². The lowest BCUT2D eigenvalue weighted by Gasteiger charge is -2.24. The van der Waals surface area contributed by atoms with Crippen molar-refractivity contribution in [3.63, 3.8) is 0 Å². The van der Waals surface area contributed by atoms with Gasteiger partial charge in [-0.15, -0.1) is 0 Å². The zero-order chi connectivity index (χ0) is 15.2. The fraction of sp³-hybridized carbons (Fsp3) is 0.529. The van der Waals surface area contributed by atoms with Gasteiger partial charge < -0.3 is 5.32 Å². The lowest BCUT2D eigenvalue weighted by atomic mass is 9.84. The molecular weight excluding hydrogens is 248 g/mol. The predicted molar refractivity (Wildman–Crippen MR) is 81.0 cm³/mol. The molecule has 0 radical (unpaired) electrons. The van der Waals surface area contributed by atoms with Crippen LogP contribution >= 0.6 is 0 Å². The molecule has 0 aromatic heterocycles. The first-order valence-corrected chi connectivity index (χ1v) is 7.15. The standard InChI is InChI=1S/C17H24N2O/c1-5-13(2)15(14-9-7-6-8-10-14)16(20)19-12-17(3,4)11-18/h6-10,13,15H,5,12H2,1-4H3,(H,19,20). The van der Waals surface area contributed by atoms with Gasteiger partial charge in [0.05, 0.1) is 17.4 Å². The summed E-state index contributed by atoms with van der Waals surface area (Å²) < 4.78 is 0. The molecule has 1 amide bonds. The van der Waals surface area contributed by atoms with Crippen molar-refractivity contribution in [2.75, 3.05) is 6.54 Å². The third-order valence-electron chi connectivity index (χ3n) is 3.66. The van der Waals surface area contributed by atoms with Gasteiger partial charge in [-0.1, -0.05) is 50.6 Å². The minimum Gasteiger partial charge on any atom is -0.354 e. The van der Waals surface area contributed by atoms with Crippen molar-refractivity contribution in [1.29, 1.82) is 5.26 Å². The third-order valence-corrected chi connectivity index (χ3v) is 3.66. The average molecular weight is 272 g/mol. The molecule has 3 nitrogen and oxygen atoms in total. The van der Waals surface area contributed by atoms with E-state index in [1.54, 1.807) is 0 Å². The van der Waals surface area contributed by atoms with E-state index in [9.17, 15) is 4.79 Å². The molecule has 20 heavy (non-hydrogen) atoms. The van der Waals surface area contributed by atoms with Gasteiger partial charge in [-0.3, -0.25) is 4.79 Å². The number of amides is 1. The molecule has 0 bridgehead atoms. The summed E-state index contributed by atoms with van der Waals surface area (Å²) in [6.45, 7) is 8.21. The van der Waals surface area contributed by atoms with Crippen LogP contribution in [-0.4, -0.2) is 12.5 Å². The molecule has 0 saturated carbocycles. The van der Waals surface area contributed by atoms with E-state index in [-0.39, 0.29) is 17.7 Å². The highest BCUT2D eigenvalue weighted by molar-refractivity contribution is 5.84. The summed E-state index contributed by atoms with van der Waals surface area (Å²) in [4.78, 5) is 12.5. The number of hydrogen-bond donors (Lipinski definition) is 1. The molecule has 1 aromatic rings. The Bertz CT molecular complexity index is 474. The van der Waals surface area contributed by atoms with E-state index in [4.69, 9.17) is 5.26 Å². The van der Waals surface area contributed by atoms with E-state index in [0.717, 1.165) is 12.0 Å². The molecule has 0 spiro atoms. The maximum atomic E-state index is 12.5. The van der Waals surface area contributed by atoms with Gasteiger partial charge in [0, 0.05) is 6.54 Å². The third kappa shape index (κ3) is 4.38. The Morgan fingerprint density at radius 1 is 1.35 bits per heavy atom. The van der Waals surface area contributed by atoms with Crippen LogP contribution in [0.3, 0.4) is 0 Å². The monoisotopic (exact) mass is 272 g/mol. The fourth-order valence-electron chi connectivity index (χ4n) is 2.09. The molecule has 1 N–H and O–H groups in total. The second-order valence-electron chi connectivity index (χ2n) is 5.99. The molecule has 2 atom stereocenters. The molecule has 3 heteroatoms. The maximum Gasteiger partial charge on any atom is 0.227 e. The molecule has 1 rings (SSSR count). The number of hydrogen-bond acceptors (Lipinski definition) is 2. The number of nitrogens with zero attached hydrogens (tertiary/aromatic N) is 1. The highest BCUT2D eigenvalue weighted by Crippen LogP contribution is 2.27. The van der Waals surface area contributed by atoms with Crippen LogP contribution < -0.4 is 5.32 Å². The van der Waals surface area contributed by atoms with E-state index in [0.29, 0.717) is 6.54 Å². The van der Waals surface area contributed by atoms with Gasteiger partial charge in [-0.05, 0) is 25.3 Å². The summed E-state index contributed by atoms with van der Waals surface area (Å²) in [5.74, 6) is 0.118. The molecule has 1 aromatic carbocycles. The lowest BCUT2D eigenvalue weighted by Crippen LogP contribution is -2.38. The highest BCUT2D eigenvalue weighted by atomic mass is 16.1. The Morgan fingerprint density at radius 2 is 1.95 bits per heavy atom. The topological polar surface area (TPSA) is 52.9 Å². The van der Waals surface area contributed by atoms with Crippen molar-refractivity contribution in [3.05, 3.63) is 35.9 Å². The van der Waals surface area contributed by atoms with E-state index < -0.39 is 5.41 Å². The van der Waals surface area contributed by atoms with Gasteiger partial charge in [0.2, 0.25) is 5.91 Å². The number of carbonyl (C=O) groups is 1. The van der Waals surface area contributed by atoms with Crippen molar-refractivity contribution in [2.24, 2.45) is 11.3 Å². The predicted octanol–water partition coefficient (Wildman–Crippen LogP) is 3.48. The molecule has 0 aliphatic carbocycles. The minimum atomic E-state index is -0.535. The first kappa shape index (κ1) is 16.2. The minimum absolute atomic E-state index is 0.00822. The normalized spacial score (nSPS) is 14.2. The van der Waals surface area contributed by atoms with Crippen LogP contribution in [0.4, 0.5) is 0 Å². The number of rotatable bonds is 6. The summed E-state index contributed by atoms with van der Waals surface area (Å²) in [5, 5.41) is 11.9. The quantitative estimate of drug-likeness (QED) is 0.862. The Morgan fingerprint density at radius 3 is 2.45 bits per heavy atom. The van der Waals surface area contributed by atoms with Gasteiger partial charge in [0.1, 0.15) is 0 Å². The number of nitriles is 1. The number of carbonyl (C=O) groups excluding carboxylic acids is 1. The summed E-state index contributed by atoms with van der Waals surface area (Å²) in [6, 6.07) is 12.1. The van der Waals surface area contributed by atoms with Crippen molar-refractivity contribution < 1.29 is 4.79 Å². The van der Waals surface area contributed by atoms with Crippen LogP contribution in [0.1, 0.15) is 45.6 Å². The van der Waals surface area contributed by atoms with Gasteiger partial charge in [-0.25, -0.2) is 0 Å². The summed E-state index contributed by atoms with van der Waals surface area (Å²) in [5.41, 5.74) is 0.501. The van der Waals surface area contributed by atoms with Crippen LogP contribution in [0.5, 0.6) is 0 Å². The Hall–Kier alpha value is -1.82. The first-order valence-electron chi connectivity index (χ1n) is 7.15. The second-order valence-corrected chi connectivity index (χ2v) is 5.99. The van der Waals surface area contributed by atoms with Crippen LogP contribution in [0, 0.1) is 22.7 Å². The van der Waals surface area contributed by atoms with Gasteiger partial charge in [0.25, 0.3) is 0 Å². The largest absolute Gasteiger partial charge is 0.354 e. The number of benzene rings is 1. The Balaban J connectivity index is 2.85. The summed E-state index contributed by atoms with van der Waals surface area (Å²) >= 11 is 0. The average Bonchev–Trinajstić information content (AvgIpc) is 2.46. The van der Waals surface area contributed by atoms with Gasteiger partial charge in [0.15, 0.2) is 0 Å². The SMILES string of the molecule is CCC(C)C(C(=O)NCC(C)(C)C#N)c1ccccc1. The summed E-state index contributed by atoms with van der Waals surface area (Å²) in [7, 11) is 0. The molecule has 2 unspecified atom stereocenters. The molecule has 108 valence electrons. The highest BCUT2D eigenvalue weighted by Gasteiger charge is 2.27. The Labute approximate surface area is 122 Å². The lowest BCUT2D eigenvalue weighted by molar-refractivity contribution is -0.124. The second kappa shape index (κ2) is 7.09. The zero-order valence-electron chi connectivity index (χ0n) is 12.8. The van der Waals surface area contributed by atoms with Crippen molar-refractivity contribution in [2.45, 2.75) is 40.0 Å². The van der Waals surface area contributed by atoms with Crippen LogP contribution in [0.2, 0.25) is 0 Å². The smallest absolute Gasteiger partial charge is 0.227 e. The van der Waals surface area contributed by atoms with E-state index >= 15 is 0 Å². The van der Waals surface area contributed by atoms with Gasteiger partial charge >= 0.3 is 0 Å². The van der Waals surface area contributed by atoms with E-state index in [2.05, 4.69) is 25.2 Å². The van der Waals surface area contributed by atoms with Crippen LogP contribution in [-0.2, 0) is 4.79 Å². The van der Waals surface area contributed by atoms with Crippen molar-refractivity contribution >= 4 is 5.91 Å². The maximum absolute atomic E-state index is 12.5. The van der Waals surface area contributed by atoms with Crippen LogP contribution in [0.15, 0.2) is 30.3 Å². The zero-order valence-corrected chi connectivity index (χ0v) is 12.8. The van der Waals surface area contributed by atoms with Crippen LogP contribution in [0.25, 0.3) is 0 Å². The van der Waals surface area contributed by atoms with Crippen molar-refractivity contribution in [1.82, 2.24) is 5.32 Å². The number of nitrogens with one attached hydrogen (secondary N) is 1. The Kier molecular flexibility index (Phi) is 5.76. The van der Waals surface area contributed by atoms with E-state index in [1.807, 2.05) is 44.2 Å². The van der Waals surface area contributed by atoms with Gasteiger partial charge in [-0.2, -0.15) is 5.26 Å². The molecule has 0 saturated heterocycles. The van der Waals surface area contributed by atoms with Crippen molar-refractivity contribution in [3.8, 4) is 6.07 Å². The first-order chi connectivity index (χ1) is 9.41. The molecule has 0 heterocycles. The molecule has 0 fully saturated rings. The summed E-state index contributed by atoms with van der Waals surface area (Å²) in [6.07, 6.45) is 0.939. The molecular formula is C17H24N2O.